The second-order valence-corrected chi connectivity index (χ2v) is 3.53. The Kier molecular flexibility index (Phi) is 2.68. The second kappa shape index (κ2) is 3.26. The molecule has 0 aliphatic carbocycles. The van der Waals surface area contributed by atoms with Gasteiger partial charge in [-0.3, -0.25) is 4.90 Å². The predicted octanol–water partition coefficient (Wildman–Crippen LogP) is 1.06. The molecule has 0 bridgehead atoms. The number of likely N-dealkylation sites (N-methyl/N-ethyl adjacent to an activating group) is 1. The third kappa shape index (κ3) is 1.59. The Labute approximate surface area is 71.7 Å². The molecule has 1 saturated heterocycles. The van der Waals surface area contributed by atoms with Crippen LogP contribution in [-0.4, -0.2) is 36.5 Å². The minimum absolute atomic E-state index is 0.0274. The van der Waals surface area contributed by atoms with E-state index in [1.807, 2.05) is 0 Å². The van der Waals surface area contributed by atoms with E-state index in [1.54, 1.807) is 18.9 Å². The zero-order valence-corrected chi connectivity index (χ0v) is 7.56. The van der Waals surface area contributed by atoms with Crippen molar-refractivity contribution in [3.05, 3.63) is 0 Å². The van der Waals surface area contributed by atoms with Crippen molar-refractivity contribution in [2.24, 2.45) is 5.73 Å². The summed E-state index contributed by atoms with van der Waals surface area (Å²) in [5.74, 6) is -2.54. The van der Waals surface area contributed by atoms with Crippen molar-refractivity contribution in [2.75, 3.05) is 13.6 Å². The lowest BCUT2D eigenvalue weighted by Gasteiger charge is -2.42. The van der Waals surface area contributed by atoms with Crippen molar-refractivity contribution < 1.29 is 8.78 Å². The fourth-order valence-corrected chi connectivity index (χ4v) is 1.67. The monoisotopic (exact) mass is 178 g/mol. The summed E-state index contributed by atoms with van der Waals surface area (Å²) in [5.41, 5.74) is 5.46. The molecule has 2 N–H and O–H groups in total. The number of halogens is 2. The highest BCUT2D eigenvalue weighted by Gasteiger charge is 2.44. The van der Waals surface area contributed by atoms with Gasteiger partial charge in [-0.05, 0) is 20.4 Å². The first-order chi connectivity index (χ1) is 5.49. The van der Waals surface area contributed by atoms with Gasteiger partial charge in [0.2, 0.25) is 0 Å². The van der Waals surface area contributed by atoms with Gasteiger partial charge in [0.15, 0.2) is 0 Å². The highest BCUT2D eigenvalue weighted by molar-refractivity contribution is 4.91. The lowest BCUT2D eigenvalue weighted by atomic mass is 9.94. The fourth-order valence-electron chi connectivity index (χ4n) is 1.67. The molecule has 0 radical (unpaired) electrons. The van der Waals surface area contributed by atoms with Crippen molar-refractivity contribution in [3.8, 4) is 0 Å². The predicted molar refractivity (Wildman–Crippen MR) is 44.2 cm³/mol. The van der Waals surface area contributed by atoms with Gasteiger partial charge in [-0.15, -0.1) is 0 Å². The Morgan fingerprint density at radius 3 is 2.67 bits per heavy atom. The third-order valence-corrected chi connectivity index (χ3v) is 2.88. The summed E-state index contributed by atoms with van der Waals surface area (Å²) in [6, 6.07) is -0.556. The number of rotatable bonds is 1. The van der Waals surface area contributed by atoms with Crippen LogP contribution < -0.4 is 5.73 Å². The van der Waals surface area contributed by atoms with Crippen LogP contribution in [0.1, 0.15) is 19.8 Å². The summed E-state index contributed by atoms with van der Waals surface area (Å²) in [6.07, 6.45) is 0.477. The first-order valence-electron chi connectivity index (χ1n) is 4.29. The van der Waals surface area contributed by atoms with E-state index in [0.29, 0.717) is 13.0 Å². The summed E-state index contributed by atoms with van der Waals surface area (Å²) in [5, 5.41) is 0. The first kappa shape index (κ1) is 9.86. The lowest BCUT2D eigenvalue weighted by molar-refractivity contribution is -0.114. The van der Waals surface area contributed by atoms with Crippen molar-refractivity contribution in [1.82, 2.24) is 4.90 Å². The van der Waals surface area contributed by atoms with Gasteiger partial charge in [-0.25, -0.2) is 8.78 Å². The molecule has 1 fully saturated rings. The minimum Gasteiger partial charge on any atom is -0.329 e. The van der Waals surface area contributed by atoms with Gasteiger partial charge in [0.1, 0.15) is 0 Å². The number of likely N-dealkylation sites (tertiary alicyclic amines) is 1. The molecule has 1 aliphatic rings. The largest absolute Gasteiger partial charge is 0.329 e. The van der Waals surface area contributed by atoms with Gasteiger partial charge in [0.25, 0.3) is 5.92 Å². The lowest BCUT2D eigenvalue weighted by Crippen LogP contribution is -2.55. The molecule has 4 heteroatoms. The van der Waals surface area contributed by atoms with E-state index >= 15 is 0 Å². The quantitative estimate of drug-likeness (QED) is 0.650. The van der Waals surface area contributed by atoms with Crippen LogP contribution >= 0.6 is 0 Å². The SMILES string of the molecule is CC1N(C)C(CN)CCC1(F)F. The Morgan fingerprint density at radius 1 is 1.58 bits per heavy atom. The standard InChI is InChI=1S/C8H16F2N2/c1-6-8(9,10)4-3-7(5-11)12(6)2/h6-7H,3-5,11H2,1-2H3. The minimum atomic E-state index is -2.54. The second-order valence-electron chi connectivity index (χ2n) is 3.53. The van der Waals surface area contributed by atoms with Gasteiger partial charge >= 0.3 is 0 Å². The average Bonchev–Trinajstić information content (AvgIpc) is 2.01. The Morgan fingerprint density at radius 2 is 2.17 bits per heavy atom. The smallest absolute Gasteiger partial charge is 0.263 e. The number of nitrogens with zero attached hydrogens (tertiary/aromatic N) is 1. The summed E-state index contributed by atoms with van der Waals surface area (Å²) in [6.45, 7) is 2.03. The van der Waals surface area contributed by atoms with E-state index in [4.69, 9.17) is 5.73 Å². The highest BCUT2D eigenvalue weighted by Crippen LogP contribution is 2.34. The maximum atomic E-state index is 13.1. The van der Waals surface area contributed by atoms with Gasteiger partial charge in [0, 0.05) is 19.0 Å². The molecule has 1 rings (SSSR count). The fraction of sp³-hybridized carbons (Fsp3) is 1.00. The number of alkyl halides is 2. The maximum absolute atomic E-state index is 13.1. The van der Waals surface area contributed by atoms with Gasteiger partial charge in [-0.1, -0.05) is 0 Å². The van der Waals surface area contributed by atoms with Crippen LogP contribution in [0.2, 0.25) is 0 Å². The van der Waals surface area contributed by atoms with Crippen LogP contribution in [0.5, 0.6) is 0 Å². The molecule has 1 aliphatic heterocycles. The molecular formula is C8H16F2N2. The van der Waals surface area contributed by atoms with Crippen molar-refractivity contribution >= 4 is 0 Å². The number of nitrogens with two attached hydrogens (primary N) is 1. The average molecular weight is 178 g/mol. The molecule has 0 aromatic rings. The normalized spacial score (nSPS) is 36.8. The number of hydrogen-bond acceptors (Lipinski definition) is 2. The van der Waals surface area contributed by atoms with E-state index in [2.05, 4.69) is 0 Å². The topological polar surface area (TPSA) is 29.3 Å². The maximum Gasteiger partial charge on any atom is 0.263 e. The molecule has 0 aromatic carbocycles. The van der Waals surface area contributed by atoms with Gasteiger partial charge in [0.05, 0.1) is 6.04 Å². The molecule has 2 unspecified atom stereocenters. The van der Waals surface area contributed by atoms with Crippen molar-refractivity contribution in [2.45, 2.75) is 37.8 Å². The summed E-state index contributed by atoms with van der Waals surface area (Å²) in [4.78, 5) is 1.68. The third-order valence-electron chi connectivity index (χ3n) is 2.88. The number of piperidine rings is 1. The summed E-state index contributed by atoms with van der Waals surface area (Å²) in [7, 11) is 1.72. The van der Waals surface area contributed by atoms with Crippen LogP contribution in [-0.2, 0) is 0 Å². The van der Waals surface area contributed by atoms with E-state index < -0.39 is 12.0 Å². The van der Waals surface area contributed by atoms with E-state index in [0.717, 1.165) is 0 Å². The molecule has 12 heavy (non-hydrogen) atoms. The molecule has 72 valence electrons. The molecule has 1 heterocycles. The van der Waals surface area contributed by atoms with Gasteiger partial charge in [-0.2, -0.15) is 0 Å². The molecule has 0 aromatic heterocycles. The Bertz CT molecular complexity index is 161. The molecule has 2 nitrogen and oxygen atoms in total. The zero-order chi connectivity index (χ0) is 9.35. The van der Waals surface area contributed by atoms with E-state index in [9.17, 15) is 8.78 Å². The summed E-state index contributed by atoms with van der Waals surface area (Å²) < 4.78 is 26.2. The molecule has 0 amide bonds. The van der Waals surface area contributed by atoms with E-state index in [1.165, 1.54) is 0 Å². The molecule has 2 atom stereocenters. The van der Waals surface area contributed by atoms with Crippen LogP contribution in [0.4, 0.5) is 8.78 Å². The van der Waals surface area contributed by atoms with Crippen LogP contribution in [0.3, 0.4) is 0 Å². The number of hydrogen-bond donors (Lipinski definition) is 1. The highest BCUT2D eigenvalue weighted by atomic mass is 19.3. The Balaban J connectivity index is 2.65. The first-order valence-corrected chi connectivity index (χ1v) is 4.29. The molecule has 0 spiro atoms. The Hall–Kier alpha value is -0.220. The van der Waals surface area contributed by atoms with Crippen molar-refractivity contribution in [3.63, 3.8) is 0 Å². The van der Waals surface area contributed by atoms with Gasteiger partial charge < -0.3 is 5.73 Å². The van der Waals surface area contributed by atoms with Crippen LogP contribution in [0.25, 0.3) is 0 Å². The van der Waals surface area contributed by atoms with Crippen LogP contribution in [0.15, 0.2) is 0 Å². The zero-order valence-electron chi connectivity index (χ0n) is 7.56. The van der Waals surface area contributed by atoms with Crippen LogP contribution in [0, 0.1) is 0 Å². The van der Waals surface area contributed by atoms with E-state index in [-0.39, 0.29) is 12.5 Å². The molecular weight excluding hydrogens is 162 g/mol. The van der Waals surface area contributed by atoms with Crippen molar-refractivity contribution in [1.29, 1.82) is 0 Å². The summed E-state index contributed by atoms with van der Waals surface area (Å²) >= 11 is 0. The molecule has 0 saturated carbocycles.